The van der Waals surface area contributed by atoms with Crippen LogP contribution in [0.1, 0.15) is 226 Å². The second kappa shape index (κ2) is 66.5. The molecule has 0 rings (SSSR count). The van der Waals surface area contributed by atoms with Crippen molar-refractivity contribution in [3.63, 3.8) is 0 Å². The van der Waals surface area contributed by atoms with Crippen molar-refractivity contribution in [3.8, 4) is 0 Å². The van der Waals surface area contributed by atoms with Gasteiger partial charge >= 0.3 is 17.9 Å². The fraction of sp³-hybridized carbons (Fsp3) is 0.507. The zero-order valence-corrected chi connectivity index (χ0v) is 51.2. The van der Waals surface area contributed by atoms with E-state index in [-0.39, 0.29) is 50.4 Å². The van der Waals surface area contributed by atoms with Crippen LogP contribution in [0.25, 0.3) is 0 Å². The van der Waals surface area contributed by atoms with E-state index in [1.807, 2.05) is 0 Å². The second-order valence-corrected chi connectivity index (χ2v) is 19.8. The summed E-state index contributed by atoms with van der Waals surface area (Å²) in [7, 11) is 0. The number of esters is 3. The molecule has 0 radical (unpaired) electrons. The Labute approximate surface area is 496 Å². The predicted molar refractivity (Wildman–Crippen MR) is 352 cm³/mol. The van der Waals surface area contributed by atoms with Gasteiger partial charge in [-0.05, 0) is 167 Å². The molecule has 81 heavy (non-hydrogen) atoms. The number of hydrogen-bond acceptors (Lipinski definition) is 6. The number of hydrogen-bond donors (Lipinski definition) is 0. The maximum Gasteiger partial charge on any atom is 0.306 e. The molecule has 1 unspecified atom stereocenters. The topological polar surface area (TPSA) is 78.9 Å². The third-order valence-electron chi connectivity index (χ3n) is 12.3. The van der Waals surface area contributed by atoms with E-state index < -0.39 is 6.10 Å². The number of allylic oxidation sites excluding steroid dienone is 34. The van der Waals surface area contributed by atoms with Crippen molar-refractivity contribution >= 4 is 17.9 Å². The third kappa shape index (κ3) is 64.7. The van der Waals surface area contributed by atoms with Gasteiger partial charge in [0.1, 0.15) is 13.2 Å². The van der Waals surface area contributed by atoms with Crippen LogP contribution in [-0.4, -0.2) is 37.2 Å². The van der Waals surface area contributed by atoms with Crippen molar-refractivity contribution in [2.75, 3.05) is 13.2 Å². The van der Waals surface area contributed by atoms with Gasteiger partial charge in [0.15, 0.2) is 6.10 Å². The number of unbranched alkanes of at least 4 members (excludes halogenated alkanes) is 9. The highest BCUT2D eigenvalue weighted by Gasteiger charge is 2.19. The van der Waals surface area contributed by atoms with E-state index in [9.17, 15) is 14.4 Å². The first-order valence-corrected chi connectivity index (χ1v) is 31.6. The molecule has 448 valence electrons. The van der Waals surface area contributed by atoms with E-state index in [2.05, 4.69) is 227 Å². The molecule has 0 aliphatic carbocycles. The maximum atomic E-state index is 12.9. The summed E-state index contributed by atoms with van der Waals surface area (Å²) in [5.41, 5.74) is 0. The van der Waals surface area contributed by atoms with Crippen molar-refractivity contribution in [2.45, 2.75) is 232 Å². The van der Waals surface area contributed by atoms with E-state index in [0.29, 0.717) is 12.8 Å². The monoisotopic (exact) mass is 1110 g/mol. The molecular formula is C75H112O6. The van der Waals surface area contributed by atoms with Crippen LogP contribution >= 0.6 is 0 Å². The van der Waals surface area contributed by atoms with E-state index in [1.54, 1.807) is 0 Å². The summed E-state index contributed by atoms with van der Waals surface area (Å²) < 4.78 is 16.8. The van der Waals surface area contributed by atoms with Crippen LogP contribution in [0.2, 0.25) is 0 Å². The van der Waals surface area contributed by atoms with Crippen LogP contribution in [0.15, 0.2) is 207 Å². The average molecular weight is 1110 g/mol. The lowest BCUT2D eigenvalue weighted by molar-refractivity contribution is -0.167. The number of ether oxygens (including phenoxy) is 3. The van der Waals surface area contributed by atoms with Gasteiger partial charge in [0.2, 0.25) is 0 Å². The Balaban J connectivity index is 4.58. The van der Waals surface area contributed by atoms with Crippen LogP contribution in [0.5, 0.6) is 0 Å². The number of rotatable bonds is 54. The lowest BCUT2D eigenvalue weighted by Gasteiger charge is -2.18. The summed E-state index contributed by atoms with van der Waals surface area (Å²) in [4.78, 5) is 38.3. The lowest BCUT2D eigenvalue weighted by Crippen LogP contribution is -2.30. The first kappa shape index (κ1) is 75.0. The molecule has 0 saturated heterocycles. The molecule has 0 aromatic carbocycles. The Morgan fingerprint density at radius 1 is 0.247 bits per heavy atom. The maximum absolute atomic E-state index is 12.9. The molecule has 0 spiro atoms. The standard InChI is InChI=1S/C75H112O6/c1-4-7-10-13-16-19-22-25-28-30-32-34-35-36-37-38-39-41-42-44-47-50-53-56-59-62-65-68-74(77)80-71-72(70-79-73(76)67-64-61-58-55-52-49-46-27-24-21-18-15-12-9-6-3)81-75(78)69-66-63-60-57-54-51-48-45-43-40-33-31-29-26-23-20-17-14-11-8-5-2/h7-12,16-21,25-29,32-34,36-37,39-41,44-48,52-53,55-56,72H,4-6,13-15,22-24,30-31,35,38,42-43,49-51,54,57-71H2,1-3H3/b10-7-,11-8-,12-9-,19-16-,20-17-,21-18-,28-25-,29-26-,34-32-,37-36-,40-33-,41-39-,46-27-,47-44-,48-45-,55-52-,56-53-. The molecular weight excluding hydrogens is 997 g/mol. The molecule has 0 aromatic heterocycles. The summed E-state index contributed by atoms with van der Waals surface area (Å²) in [5, 5.41) is 0. The lowest BCUT2D eigenvalue weighted by atomic mass is 10.1. The van der Waals surface area contributed by atoms with Gasteiger partial charge in [-0.3, -0.25) is 14.4 Å². The van der Waals surface area contributed by atoms with Crippen molar-refractivity contribution in [2.24, 2.45) is 0 Å². The molecule has 0 saturated carbocycles. The number of carbonyl (C=O) groups is 3. The Morgan fingerprint density at radius 3 is 0.716 bits per heavy atom. The van der Waals surface area contributed by atoms with Gasteiger partial charge in [0.25, 0.3) is 0 Å². The first-order valence-electron chi connectivity index (χ1n) is 31.6. The first-order chi connectivity index (χ1) is 40.0. The fourth-order valence-corrected chi connectivity index (χ4v) is 7.65. The van der Waals surface area contributed by atoms with Crippen molar-refractivity contribution in [1.82, 2.24) is 0 Å². The molecule has 6 nitrogen and oxygen atoms in total. The normalized spacial score (nSPS) is 13.6. The molecule has 1 atom stereocenters. The molecule has 0 aliphatic heterocycles. The summed E-state index contributed by atoms with van der Waals surface area (Å²) in [6.07, 6.45) is 103. The SMILES string of the molecule is CC/C=C\C/C=C\C/C=C\C/C=C\C/C=C\C/C=C\C/C=C\C/C=C\CCCCC(=O)OCC(COC(=O)CCCC/C=C\C/C=C\C/C=C\C/C=C\CC)OC(=O)CCCCCCC/C=C\C/C=C\C/C=C\C/C=C\C/C=C\CC. The highest BCUT2D eigenvalue weighted by Crippen LogP contribution is 2.12. The van der Waals surface area contributed by atoms with Gasteiger partial charge in [-0.1, -0.05) is 247 Å². The van der Waals surface area contributed by atoms with E-state index >= 15 is 0 Å². The van der Waals surface area contributed by atoms with Crippen LogP contribution in [0.4, 0.5) is 0 Å². The van der Waals surface area contributed by atoms with Crippen LogP contribution in [0.3, 0.4) is 0 Å². The Morgan fingerprint density at radius 2 is 0.444 bits per heavy atom. The third-order valence-corrected chi connectivity index (χ3v) is 12.3. The predicted octanol–water partition coefficient (Wildman–Crippen LogP) is 22.0. The summed E-state index contributed by atoms with van der Waals surface area (Å²) >= 11 is 0. The molecule has 0 bridgehead atoms. The minimum absolute atomic E-state index is 0.134. The molecule has 0 heterocycles. The molecule has 0 fully saturated rings. The molecule has 0 aromatic rings. The van der Waals surface area contributed by atoms with Gasteiger partial charge < -0.3 is 14.2 Å². The van der Waals surface area contributed by atoms with E-state index in [0.717, 1.165) is 173 Å². The minimum atomic E-state index is -0.839. The van der Waals surface area contributed by atoms with Crippen LogP contribution < -0.4 is 0 Å². The average Bonchev–Trinajstić information content (AvgIpc) is 3.47. The van der Waals surface area contributed by atoms with Gasteiger partial charge in [-0.15, -0.1) is 0 Å². The second-order valence-electron chi connectivity index (χ2n) is 19.8. The van der Waals surface area contributed by atoms with Gasteiger partial charge in [0, 0.05) is 19.3 Å². The van der Waals surface area contributed by atoms with Crippen molar-refractivity contribution in [1.29, 1.82) is 0 Å². The fourth-order valence-electron chi connectivity index (χ4n) is 7.65. The van der Waals surface area contributed by atoms with Gasteiger partial charge in [-0.25, -0.2) is 0 Å². The Hall–Kier alpha value is -6.01. The summed E-state index contributed by atoms with van der Waals surface area (Å²) in [6.45, 7) is 6.19. The zero-order valence-electron chi connectivity index (χ0n) is 51.2. The van der Waals surface area contributed by atoms with Crippen molar-refractivity contribution in [3.05, 3.63) is 207 Å². The highest BCUT2D eigenvalue weighted by molar-refractivity contribution is 5.71. The highest BCUT2D eigenvalue weighted by atomic mass is 16.6. The smallest absolute Gasteiger partial charge is 0.306 e. The molecule has 0 aliphatic rings. The molecule has 6 heteroatoms. The largest absolute Gasteiger partial charge is 0.462 e. The summed E-state index contributed by atoms with van der Waals surface area (Å²) in [5.74, 6) is -1.05. The van der Waals surface area contributed by atoms with E-state index in [1.165, 1.54) is 0 Å². The van der Waals surface area contributed by atoms with Gasteiger partial charge in [-0.2, -0.15) is 0 Å². The van der Waals surface area contributed by atoms with Gasteiger partial charge in [0.05, 0.1) is 0 Å². The molecule has 0 amide bonds. The zero-order chi connectivity index (χ0) is 58.5. The quantitative estimate of drug-likeness (QED) is 0.0261. The van der Waals surface area contributed by atoms with Crippen LogP contribution in [-0.2, 0) is 28.6 Å². The van der Waals surface area contributed by atoms with Crippen LogP contribution in [0, 0.1) is 0 Å². The van der Waals surface area contributed by atoms with E-state index in [4.69, 9.17) is 14.2 Å². The summed E-state index contributed by atoms with van der Waals surface area (Å²) in [6, 6.07) is 0. The Bertz CT molecular complexity index is 2000. The van der Waals surface area contributed by atoms with Crippen molar-refractivity contribution < 1.29 is 28.6 Å². The Kier molecular flexibility index (Phi) is 61.6. The molecule has 0 N–H and O–H groups in total. The number of carbonyl (C=O) groups excluding carboxylic acids is 3. The minimum Gasteiger partial charge on any atom is -0.462 e.